The number of hydrogen-bond donors (Lipinski definition) is 2. The SMILES string of the molecule is Nc1cccc([C@@H](O)Cl)c1. The molecule has 0 saturated heterocycles. The molecule has 0 bridgehead atoms. The van der Waals surface area contributed by atoms with E-state index in [2.05, 4.69) is 0 Å². The summed E-state index contributed by atoms with van der Waals surface area (Å²) in [5.41, 5.74) is 5.71. The Morgan fingerprint density at radius 3 is 2.60 bits per heavy atom. The molecule has 1 aromatic carbocycles. The Labute approximate surface area is 64.2 Å². The van der Waals surface area contributed by atoms with Gasteiger partial charge in [-0.2, -0.15) is 0 Å². The lowest BCUT2D eigenvalue weighted by molar-refractivity contribution is 0.263. The van der Waals surface area contributed by atoms with Gasteiger partial charge < -0.3 is 10.8 Å². The number of halogens is 1. The van der Waals surface area contributed by atoms with Gasteiger partial charge in [-0.3, -0.25) is 0 Å². The number of nitrogens with two attached hydrogens (primary N) is 1. The van der Waals surface area contributed by atoms with Crippen LogP contribution in [0.25, 0.3) is 0 Å². The Hall–Kier alpha value is -0.730. The van der Waals surface area contributed by atoms with Gasteiger partial charge in [0, 0.05) is 5.69 Å². The first-order valence-electron chi connectivity index (χ1n) is 2.88. The summed E-state index contributed by atoms with van der Waals surface area (Å²) in [6.45, 7) is 0. The van der Waals surface area contributed by atoms with Crippen molar-refractivity contribution < 1.29 is 5.11 Å². The first-order valence-corrected chi connectivity index (χ1v) is 3.31. The molecule has 0 amide bonds. The summed E-state index contributed by atoms with van der Waals surface area (Å²) in [7, 11) is 0. The Morgan fingerprint density at radius 1 is 1.50 bits per heavy atom. The highest BCUT2D eigenvalue weighted by Gasteiger charge is 2.00. The molecule has 0 radical (unpaired) electrons. The molecule has 2 nitrogen and oxygen atoms in total. The molecule has 1 rings (SSSR count). The first-order chi connectivity index (χ1) is 4.70. The average molecular weight is 158 g/mol. The minimum atomic E-state index is -0.955. The lowest BCUT2D eigenvalue weighted by Gasteiger charge is -2.01. The fraction of sp³-hybridized carbons (Fsp3) is 0.143. The van der Waals surface area contributed by atoms with E-state index in [1.807, 2.05) is 0 Å². The van der Waals surface area contributed by atoms with Gasteiger partial charge in [0.1, 0.15) is 0 Å². The molecule has 0 saturated carbocycles. The van der Waals surface area contributed by atoms with Crippen LogP contribution in [0, 0.1) is 0 Å². The Morgan fingerprint density at radius 2 is 2.20 bits per heavy atom. The van der Waals surface area contributed by atoms with Gasteiger partial charge in [0.15, 0.2) is 5.56 Å². The van der Waals surface area contributed by atoms with E-state index in [-0.39, 0.29) is 0 Å². The molecule has 0 heterocycles. The Balaban J connectivity index is 2.96. The zero-order valence-corrected chi connectivity index (χ0v) is 6.05. The van der Waals surface area contributed by atoms with E-state index in [1.165, 1.54) is 0 Å². The summed E-state index contributed by atoms with van der Waals surface area (Å²) < 4.78 is 0. The summed E-state index contributed by atoms with van der Waals surface area (Å²) in [4.78, 5) is 0. The summed E-state index contributed by atoms with van der Waals surface area (Å²) in [6, 6.07) is 6.84. The lowest BCUT2D eigenvalue weighted by Crippen LogP contribution is -1.90. The number of aliphatic hydroxyl groups excluding tert-OH is 1. The highest BCUT2D eigenvalue weighted by atomic mass is 35.5. The number of hydrogen-bond acceptors (Lipinski definition) is 2. The molecule has 0 unspecified atom stereocenters. The number of benzene rings is 1. The van der Waals surface area contributed by atoms with Gasteiger partial charge in [0.25, 0.3) is 0 Å². The topological polar surface area (TPSA) is 46.2 Å². The van der Waals surface area contributed by atoms with Crippen molar-refractivity contribution >= 4 is 17.3 Å². The largest absolute Gasteiger partial charge is 0.399 e. The van der Waals surface area contributed by atoms with E-state index in [9.17, 15) is 0 Å². The molecule has 1 aromatic rings. The number of nitrogen functional groups attached to an aromatic ring is 1. The van der Waals surface area contributed by atoms with Crippen LogP contribution in [0.3, 0.4) is 0 Å². The summed E-state index contributed by atoms with van der Waals surface area (Å²) in [5.74, 6) is 0. The fourth-order valence-corrected chi connectivity index (χ4v) is 0.843. The van der Waals surface area contributed by atoms with Crippen molar-refractivity contribution in [3.05, 3.63) is 29.8 Å². The van der Waals surface area contributed by atoms with Crippen LogP contribution in [-0.2, 0) is 0 Å². The third kappa shape index (κ3) is 1.62. The second-order valence-corrected chi connectivity index (χ2v) is 2.42. The van der Waals surface area contributed by atoms with Crippen LogP contribution >= 0.6 is 11.6 Å². The molecule has 0 aromatic heterocycles. The molecule has 10 heavy (non-hydrogen) atoms. The predicted molar refractivity (Wildman–Crippen MR) is 41.7 cm³/mol. The Kier molecular flexibility index (Phi) is 2.14. The van der Waals surface area contributed by atoms with E-state index in [1.54, 1.807) is 24.3 Å². The summed E-state index contributed by atoms with van der Waals surface area (Å²) in [6.07, 6.45) is 0. The van der Waals surface area contributed by atoms with Gasteiger partial charge in [0.2, 0.25) is 0 Å². The van der Waals surface area contributed by atoms with Gasteiger partial charge in [-0.05, 0) is 17.7 Å². The number of aliphatic hydroxyl groups is 1. The standard InChI is InChI=1S/C7H8ClNO/c8-7(10)5-2-1-3-6(9)4-5/h1-4,7,10H,9H2/t7-/m1/s1. The van der Waals surface area contributed by atoms with Crippen molar-refractivity contribution in [3.63, 3.8) is 0 Å². The highest BCUT2D eigenvalue weighted by Crippen LogP contribution is 2.18. The van der Waals surface area contributed by atoms with Crippen LogP contribution in [0.4, 0.5) is 5.69 Å². The van der Waals surface area contributed by atoms with Crippen molar-refractivity contribution in [1.82, 2.24) is 0 Å². The van der Waals surface area contributed by atoms with E-state index in [0.29, 0.717) is 11.3 Å². The van der Waals surface area contributed by atoms with Crippen molar-refractivity contribution in [2.75, 3.05) is 5.73 Å². The predicted octanol–water partition coefficient (Wildman–Crippen LogP) is 1.50. The van der Waals surface area contributed by atoms with Crippen LogP contribution in [-0.4, -0.2) is 5.11 Å². The van der Waals surface area contributed by atoms with E-state index >= 15 is 0 Å². The normalized spacial score (nSPS) is 13.0. The minimum Gasteiger partial charge on any atom is -0.399 e. The zero-order valence-electron chi connectivity index (χ0n) is 5.29. The van der Waals surface area contributed by atoms with Crippen LogP contribution < -0.4 is 5.73 Å². The minimum absolute atomic E-state index is 0.609. The molecule has 1 atom stereocenters. The van der Waals surface area contributed by atoms with Crippen molar-refractivity contribution in [3.8, 4) is 0 Å². The zero-order chi connectivity index (χ0) is 7.56. The average Bonchev–Trinajstić information content (AvgIpc) is 1.88. The second kappa shape index (κ2) is 2.90. The molecular weight excluding hydrogens is 150 g/mol. The molecule has 0 aliphatic rings. The second-order valence-electron chi connectivity index (χ2n) is 2.01. The van der Waals surface area contributed by atoms with Gasteiger partial charge in [-0.1, -0.05) is 23.7 Å². The molecule has 3 heteroatoms. The summed E-state index contributed by atoms with van der Waals surface area (Å²) >= 11 is 5.38. The molecule has 3 N–H and O–H groups in total. The van der Waals surface area contributed by atoms with Crippen LogP contribution in [0.5, 0.6) is 0 Å². The van der Waals surface area contributed by atoms with Crippen molar-refractivity contribution in [1.29, 1.82) is 0 Å². The molecule has 0 spiro atoms. The molecule has 0 fully saturated rings. The monoisotopic (exact) mass is 157 g/mol. The maximum Gasteiger partial charge on any atom is 0.153 e. The third-order valence-electron chi connectivity index (χ3n) is 1.19. The molecule has 0 aliphatic carbocycles. The maximum atomic E-state index is 8.86. The molecule has 54 valence electrons. The van der Waals surface area contributed by atoms with E-state index in [4.69, 9.17) is 22.4 Å². The van der Waals surface area contributed by atoms with E-state index in [0.717, 1.165) is 0 Å². The fourth-order valence-electron chi connectivity index (χ4n) is 0.707. The third-order valence-corrected chi connectivity index (χ3v) is 1.44. The smallest absolute Gasteiger partial charge is 0.153 e. The van der Waals surface area contributed by atoms with Crippen molar-refractivity contribution in [2.45, 2.75) is 5.56 Å². The van der Waals surface area contributed by atoms with Crippen molar-refractivity contribution in [2.24, 2.45) is 0 Å². The van der Waals surface area contributed by atoms with Gasteiger partial charge in [0.05, 0.1) is 0 Å². The van der Waals surface area contributed by atoms with Crippen LogP contribution in [0.15, 0.2) is 24.3 Å². The molecule has 0 aliphatic heterocycles. The van der Waals surface area contributed by atoms with Crippen LogP contribution in [0.2, 0.25) is 0 Å². The number of alkyl halides is 1. The van der Waals surface area contributed by atoms with E-state index < -0.39 is 5.56 Å². The quantitative estimate of drug-likeness (QED) is 0.480. The summed E-state index contributed by atoms with van der Waals surface area (Å²) in [5, 5.41) is 8.86. The van der Waals surface area contributed by atoms with Gasteiger partial charge in [-0.15, -0.1) is 0 Å². The lowest BCUT2D eigenvalue weighted by atomic mass is 10.2. The van der Waals surface area contributed by atoms with Gasteiger partial charge in [-0.25, -0.2) is 0 Å². The number of rotatable bonds is 1. The Bertz CT molecular complexity index is 225. The molecular formula is C7H8ClNO. The van der Waals surface area contributed by atoms with Gasteiger partial charge >= 0.3 is 0 Å². The highest BCUT2D eigenvalue weighted by molar-refractivity contribution is 6.19. The van der Waals surface area contributed by atoms with Crippen LogP contribution in [0.1, 0.15) is 11.1 Å². The number of anilines is 1. The first kappa shape index (κ1) is 7.38. The maximum absolute atomic E-state index is 8.86.